The molecule has 3 fully saturated rings. The Morgan fingerprint density at radius 1 is 0.791 bits per heavy atom. The second-order valence-electron chi connectivity index (χ2n) is 13.2. The maximum absolute atomic E-state index is 15.4. The van der Waals surface area contributed by atoms with E-state index in [9.17, 15) is 22.0 Å². The molecule has 0 spiro atoms. The quantitative estimate of drug-likeness (QED) is 0.164. The third-order valence-corrected chi connectivity index (χ3v) is 10.5. The van der Waals surface area contributed by atoms with Crippen LogP contribution < -0.4 is 4.74 Å². The standard InChI is InChI=1S/C35H41F7O/c1-2-3-4-5-22-6-8-23(9-7-22)24-10-11-26-19-28(13-12-25(26)18-24)35(41,42)43-29-14-15-30-27(20-29)21-32(36)31(33(30)37)16-17-34(38,39)40/h14-15,20-26,28H,2-13,18-19H2,1H3. The fraction of sp³-hybridized carbons (Fsp3) is 0.657. The van der Waals surface area contributed by atoms with Crippen LogP contribution in [0.1, 0.15) is 102 Å². The number of fused-ring (bicyclic) bond motifs is 2. The second-order valence-corrected chi connectivity index (χ2v) is 13.2. The molecule has 2 aromatic carbocycles. The van der Waals surface area contributed by atoms with Gasteiger partial charge in [0.25, 0.3) is 0 Å². The Morgan fingerprint density at radius 2 is 1.44 bits per heavy atom. The second kappa shape index (κ2) is 13.3. The van der Waals surface area contributed by atoms with Gasteiger partial charge in [0.05, 0.1) is 11.5 Å². The summed E-state index contributed by atoms with van der Waals surface area (Å²) in [6.45, 7) is 2.25. The van der Waals surface area contributed by atoms with Gasteiger partial charge in [-0.05, 0) is 111 Å². The minimum atomic E-state index is -4.91. The van der Waals surface area contributed by atoms with Crippen molar-refractivity contribution in [1.82, 2.24) is 0 Å². The fourth-order valence-electron chi connectivity index (χ4n) is 8.15. The van der Waals surface area contributed by atoms with E-state index in [-0.39, 0.29) is 22.4 Å². The Morgan fingerprint density at radius 3 is 2.14 bits per heavy atom. The lowest BCUT2D eigenvalue weighted by Gasteiger charge is -2.46. The Kier molecular flexibility index (Phi) is 9.88. The van der Waals surface area contributed by atoms with Gasteiger partial charge in [0.2, 0.25) is 0 Å². The molecule has 0 heterocycles. The molecule has 4 atom stereocenters. The zero-order valence-electron chi connectivity index (χ0n) is 24.7. The largest absolute Gasteiger partial charge is 0.458 e. The van der Waals surface area contributed by atoms with Gasteiger partial charge in [-0.25, -0.2) is 8.78 Å². The van der Waals surface area contributed by atoms with E-state index >= 15 is 8.78 Å². The van der Waals surface area contributed by atoms with Crippen molar-refractivity contribution in [1.29, 1.82) is 0 Å². The SMILES string of the molecule is CCCCCC1CCC(C2CCC3CC(C(F)(F)Oc4ccc5c(F)c(C#CC(F)(F)F)c(F)cc5c4)CCC3C2)CC1. The van der Waals surface area contributed by atoms with Gasteiger partial charge < -0.3 is 4.74 Å². The van der Waals surface area contributed by atoms with Crippen LogP contribution in [0, 0.1) is 59.0 Å². The van der Waals surface area contributed by atoms with Crippen LogP contribution in [0.25, 0.3) is 10.8 Å². The molecule has 8 heteroatoms. The van der Waals surface area contributed by atoms with Crippen LogP contribution in [0.5, 0.6) is 5.75 Å². The molecule has 4 unspecified atom stereocenters. The van der Waals surface area contributed by atoms with E-state index in [0.717, 1.165) is 67.7 Å². The highest BCUT2D eigenvalue weighted by Crippen LogP contribution is 2.52. The lowest BCUT2D eigenvalue weighted by Crippen LogP contribution is -2.42. The van der Waals surface area contributed by atoms with Crippen molar-refractivity contribution in [2.45, 2.75) is 109 Å². The van der Waals surface area contributed by atoms with Crippen molar-refractivity contribution >= 4 is 10.8 Å². The molecule has 0 radical (unpaired) electrons. The highest BCUT2D eigenvalue weighted by Gasteiger charge is 2.48. The van der Waals surface area contributed by atoms with Crippen molar-refractivity contribution < 1.29 is 35.5 Å². The molecule has 1 nitrogen and oxygen atoms in total. The summed E-state index contributed by atoms with van der Waals surface area (Å²) in [5.41, 5.74) is -1.02. The van der Waals surface area contributed by atoms with E-state index in [2.05, 4.69) is 6.92 Å². The summed E-state index contributed by atoms with van der Waals surface area (Å²) in [5.74, 6) is 1.67. The molecule has 5 rings (SSSR count). The average molecular weight is 611 g/mol. The Bertz CT molecular complexity index is 1320. The molecule has 0 amide bonds. The first-order valence-corrected chi connectivity index (χ1v) is 16.0. The molecule has 0 saturated heterocycles. The van der Waals surface area contributed by atoms with Crippen LogP contribution in [-0.4, -0.2) is 12.3 Å². The maximum Gasteiger partial charge on any atom is 0.458 e. The minimum absolute atomic E-state index is 0.0992. The van der Waals surface area contributed by atoms with Crippen LogP contribution in [0.15, 0.2) is 24.3 Å². The first-order chi connectivity index (χ1) is 20.4. The highest BCUT2D eigenvalue weighted by molar-refractivity contribution is 5.86. The number of ether oxygens (including phenoxy) is 1. The van der Waals surface area contributed by atoms with Crippen molar-refractivity contribution in [2.75, 3.05) is 0 Å². The van der Waals surface area contributed by atoms with Crippen LogP contribution in [0.3, 0.4) is 0 Å². The number of hydrogen-bond acceptors (Lipinski definition) is 1. The van der Waals surface area contributed by atoms with Crippen LogP contribution in [0.2, 0.25) is 0 Å². The lowest BCUT2D eigenvalue weighted by molar-refractivity contribution is -0.229. The summed E-state index contributed by atoms with van der Waals surface area (Å²) in [7, 11) is 0. The highest BCUT2D eigenvalue weighted by atomic mass is 19.4. The lowest BCUT2D eigenvalue weighted by atomic mass is 9.60. The van der Waals surface area contributed by atoms with Gasteiger partial charge in [-0.2, -0.15) is 22.0 Å². The van der Waals surface area contributed by atoms with E-state index in [1.165, 1.54) is 57.3 Å². The Balaban J connectivity index is 1.17. The van der Waals surface area contributed by atoms with E-state index in [0.29, 0.717) is 24.7 Å². The van der Waals surface area contributed by atoms with Crippen LogP contribution >= 0.6 is 0 Å². The predicted octanol–water partition coefficient (Wildman–Crippen LogP) is 11.2. The van der Waals surface area contributed by atoms with Gasteiger partial charge in [0.15, 0.2) is 0 Å². The third kappa shape index (κ3) is 7.81. The monoisotopic (exact) mass is 610 g/mol. The summed E-state index contributed by atoms with van der Waals surface area (Å²) in [4.78, 5) is 0. The molecule has 2 aromatic rings. The van der Waals surface area contributed by atoms with E-state index in [1.807, 2.05) is 0 Å². The topological polar surface area (TPSA) is 9.23 Å². The van der Waals surface area contributed by atoms with Gasteiger partial charge in [-0.3, -0.25) is 0 Å². The molecule has 0 bridgehead atoms. The van der Waals surface area contributed by atoms with E-state index in [1.54, 1.807) is 0 Å². The zero-order valence-corrected chi connectivity index (χ0v) is 24.7. The third-order valence-electron chi connectivity index (χ3n) is 10.5. The van der Waals surface area contributed by atoms with Crippen molar-refractivity contribution in [2.24, 2.45) is 35.5 Å². The first kappa shape index (κ1) is 32.0. The summed E-state index contributed by atoms with van der Waals surface area (Å²) in [6.07, 6.45) is 6.99. The Hall–Kier alpha value is -2.43. The zero-order chi connectivity index (χ0) is 30.8. The van der Waals surface area contributed by atoms with Crippen molar-refractivity contribution in [3.05, 3.63) is 41.5 Å². The van der Waals surface area contributed by atoms with Gasteiger partial charge in [0, 0.05) is 11.3 Å². The molecule has 3 aliphatic carbocycles. The summed E-state index contributed by atoms with van der Waals surface area (Å²) in [6, 6.07) is 4.11. The maximum atomic E-state index is 15.4. The summed E-state index contributed by atoms with van der Waals surface area (Å²) in [5, 5.41) is -0.330. The van der Waals surface area contributed by atoms with Crippen molar-refractivity contribution in [3.63, 3.8) is 0 Å². The number of rotatable bonds is 8. The molecule has 0 aliphatic heterocycles. The summed E-state index contributed by atoms with van der Waals surface area (Å²) >= 11 is 0. The summed E-state index contributed by atoms with van der Waals surface area (Å²) < 4.78 is 102. The van der Waals surface area contributed by atoms with Crippen molar-refractivity contribution in [3.8, 4) is 17.6 Å². The van der Waals surface area contributed by atoms with Gasteiger partial charge in [-0.15, -0.1) is 0 Å². The molecule has 236 valence electrons. The molecule has 3 saturated carbocycles. The number of halogens is 7. The molecule has 0 N–H and O–H groups in total. The fourth-order valence-corrected chi connectivity index (χ4v) is 8.15. The Labute approximate surface area is 249 Å². The van der Waals surface area contributed by atoms with E-state index < -0.39 is 35.4 Å². The van der Waals surface area contributed by atoms with Crippen LogP contribution in [-0.2, 0) is 0 Å². The van der Waals surface area contributed by atoms with Gasteiger partial charge in [-0.1, -0.05) is 51.4 Å². The average Bonchev–Trinajstić information content (AvgIpc) is 2.96. The molecule has 43 heavy (non-hydrogen) atoms. The van der Waals surface area contributed by atoms with E-state index in [4.69, 9.17) is 4.74 Å². The number of alkyl halides is 5. The van der Waals surface area contributed by atoms with Gasteiger partial charge >= 0.3 is 12.3 Å². The first-order valence-electron chi connectivity index (χ1n) is 16.0. The molecule has 0 aromatic heterocycles. The normalized spacial score (nSPS) is 28.2. The predicted molar refractivity (Wildman–Crippen MR) is 154 cm³/mol. The molecular weight excluding hydrogens is 569 g/mol. The smallest absolute Gasteiger partial charge is 0.432 e. The van der Waals surface area contributed by atoms with Crippen LogP contribution in [0.4, 0.5) is 30.7 Å². The molecular formula is C35H41F7O. The van der Waals surface area contributed by atoms with Gasteiger partial charge in [0.1, 0.15) is 17.4 Å². The number of benzene rings is 2. The number of hydrogen-bond donors (Lipinski definition) is 0. The molecule has 3 aliphatic rings. The minimum Gasteiger partial charge on any atom is -0.432 e. The number of unbranched alkanes of at least 4 members (excludes halogenated alkanes) is 2.